The number of nitrogens with zero attached hydrogens (tertiary/aromatic N) is 1. The molecular weight excluding hydrogens is 280 g/mol. The molecule has 2 aromatic rings. The number of nitro groups is 1. The zero-order valence-corrected chi connectivity index (χ0v) is 11.3. The lowest BCUT2D eigenvalue weighted by atomic mass is 10.1. The van der Waals surface area contributed by atoms with Crippen molar-refractivity contribution in [2.24, 2.45) is 5.73 Å². The summed E-state index contributed by atoms with van der Waals surface area (Å²) >= 11 is 5.96. The van der Waals surface area contributed by atoms with E-state index in [2.05, 4.69) is 0 Å². The molecular formula is C14H13ClN2O3. The van der Waals surface area contributed by atoms with Gasteiger partial charge in [-0.2, -0.15) is 0 Å². The van der Waals surface area contributed by atoms with Crippen molar-refractivity contribution >= 4 is 17.3 Å². The Balaban J connectivity index is 2.27. The Morgan fingerprint density at radius 3 is 2.50 bits per heavy atom. The number of nitro benzene ring substituents is 1. The fraction of sp³-hybridized carbons (Fsp3) is 0.143. The summed E-state index contributed by atoms with van der Waals surface area (Å²) in [6.07, 6.45) is 0.770. The summed E-state index contributed by atoms with van der Waals surface area (Å²) in [4.78, 5) is 10.4. The van der Waals surface area contributed by atoms with Gasteiger partial charge in [0, 0.05) is 6.07 Å². The van der Waals surface area contributed by atoms with Gasteiger partial charge in [-0.1, -0.05) is 29.8 Å². The smallest absolute Gasteiger partial charge is 0.313 e. The number of benzene rings is 2. The van der Waals surface area contributed by atoms with Gasteiger partial charge < -0.3 is 10.5 Å². The van der Waals surface area contributed by atoms with E-state index in [9.17, 15) is 10.1 Å². The zero-order valence-electron chi connectivity index (χ0n) is 10.6. The molecule has 0 aliphatic heterocycles. The summed E-state index contributed by atoms with van der Waals surface area (Å²) in [5.41, 5.74) is 6.39. The molecule has 0 saturated heterocycles. The minimum atomic E-state index is -0.524. The van der Waals surface area contributed by atoms with Gasteiger partial charge in [0.25, 0.3) is 0 Å². The third kappa shape index (κ3) is 3.26. The number of nitrogens with two attached hydrogens (primary N) is 1. The van der Waals surface area contributed by atoms with E-state index in [1.807, 2.05) is 12.1 Å². The van der Waals surface area contributed by atoms with E-state index in [1.54, 1.807) is 18.2 Å². The predicted molar refractivity (Wildman–Crippen MR) is 77.4 cm³/mol. The molecule has 104 valence electrons. The third-order valence-electron chi connectivity index (χ3n) is 2.72. The molecule has 0 aliphatic rings. The van der Waals surface area contributed by atoms with Crippen LogP contribution in [0, 0.1) is 10.1 Å². The van der Waals surface area contributed by atoms with Gasteiger partial charge in [-0.3, -0.25) is 10.1 Å². The fourth-order valence-electron chi connectivity index (χ4n) is 1.75. The van der Waals surface area contributed by atoms with Crippen molar-refractivity contribution in [3.05, 3.63) is 63.2 Å². The van der Waals surface area contributed by atoms with Gasteiger partial charge in [0.2, 0.25) is 5.75 Å². The highest BCUT2D eigenvalue weighted by Crippen LogP contribution is 2.37. The van der Waals surface area contributed by atoms with Crippen molar-refractivity contribution in [3.63, 3.8) is 0 Å². The van der Waals surface area contributed by atoms with Crippen LogP contribution in [0.1, 0.15) is 5.56 Å². The molecule has 2 N–H and O–H groups in total. The highest BCUT2D eigenvalue weighted by molar-refractivity contribution is 6.32. The van der Waals surface area contributed by atoms with Crippen molar-refractivity contribution in [2.45, 2.75) is 6.42 Å². The summed E-state index contributed by atoms with van der Waals surface area (Å²) < 4.78 is 5.53. The third-order valence-corrected chi connectivity index (χ3v) is 3.02. The molecule has 0 bridgehead atoms. The topological polar surface area (TPSA) is 78.4 Å². The van der Waals surface area contributed by atoms with Crippen LogP contribution in [0.4, 0.5) is 5.69 Å². The number of para-hydroxylation sites is 1. The molecule has 2 aromatic carbocycles. The maximum atomic E-state index is 11.0. The molecule has 0 amide bonds. The summed E-state index contributed by atoms with van der Waals surface area (Å²) in [5, 5.41) is 11.2. The molecule has 0 spiro atoms. The average molecular weight is 293 g/mol. The van der Waals surface area contributed by atoms with E-state index in [4.69, 9.17) is 22.1 Å². The zero-order chi connectivity index (χ0) is 14.5. The molecule has 6 heteroatoms. The van der Waals surface area contributed by atoms with Crippen molar-refractivity contribution in [3.8, 4) is 11.5 Å². The van der Waals surface area contributed by atoms with Crippen LogP contribution in [-0.4, -0.2) is 11.5 Å². The molecule has 20 heavy (non-hydrogen) atoms. The lowest BCUT2D eigenvalue weighted by molar-refractivity contribution is -0.385. The Kier molecular flexibility index (Phi) is 4.55. The van der Waals surface area contributed by atoms with Crippen LogP contribution in [0.15, 0.2) is 42.5 Å². The number of ether oxygens (including phenoxy) is 1. The normalized spacial score (nSPS) is 10.3. The first-order valence-electron chi connectivity index (χ1n) is 6.01. The van der Waals surface area contributed by atoms with Gasteiger partial charge in [-0.15, -0.1) is 0 Å². The molecule has 5 nitrogen and oxygen atoms in total. The maximum Gasteiger partial charge on any atom is 0.313 e. The van der Waals surface area contributed by atoms with Gasteiger partial charge in [0.05, 0.1) is 9.95 Å². The van der Waals surface area contributed by atoms with E-state index in [0.29, 0.717) is 12.3 Å². The maximum absolute atomic E-state index is 11.0. The first-order valence-corrected chi connectivity index (χ1v) is 6.39. The van der Waals surface area contributed by atoms with E-state index in [-0.39, 0.29) is 16.5 Å². The van der Waals surface area contributed by atoms with Crippen LogP contribution >= 0.6 is 11.6 Å². The van der Waals surface area contributed by atoms with Crippen LogP contribution in [0.2, 0.25) is 5.02 Å². The number of hydrogen-bond donors (Lipinski definition) is 1. The lowest BCUT2D eigenvalue weighted by Gasteiger charge is -2.08. The standard InChI is InChI=1S/C14H13ClN2O3/c15-12-2-1-3-13(17(18)19)14(12)20-11-6-4-10(5-7-11)8-9-16/h1-7H,8-9,16H2. The molecule has 2 rings (SSSR count). The Morgan fingerprint density at radius 1 is 1.20 bits per heavy atom. The summed E-state index contributed by atoms with van der Waals surface area (Å²) in [6.45, 7) is 0.566. The predicted octanol–water partition coefficient (Wildman–Crippen LogP) is 3.54. The average Bonchev–Trinajstić information content (AvgIpc) is 2.43. The van der Waals surface area contributed by atoms with Crippen LogP contribution in [0.5, 0.6) is 11.5 Å². The van der Waals surface area contributed by atoms with E-state index < -0.39 is 4.92 Å². The number of halogens is 1. The van der Waals surface area contributed by atoms with Crippen molar-refractivity contribution < 1.29 is 9.66 Å². The minimum absolute atomic E-state index is 0.0470. The second-order valence-corrected chi connectivity index (χ2v) is 4.54. The van der Waals surface area contributed by atoms with Crippen molar-refractivity contribution in [2.75, 3.05) is 6.54 Å². The van der Waals surface area contributed by atoms with Crippen LogP contribution in [0.25, 0.3) is 0 Å². The monoisotopic (exact) mass is 292 g/mol. The van der Waals surface area contributed by atoms with Gasteiger partial charge in [0.15, 0.2) is 0 Å². The minimum Gasteiger partial charge on any atom is -0.449 e. The van der Waals surface area contributed by atoms with Crippen LogP contribution in [-0.2, 0) is 6.42 Å². The van der Waals surface area contributed by atoms with E-state index >= 15 is 0 Å². The van der Waals surface area contributed by atoms with Gasteiger partial charge in [-0.05, 0) is 36.7 Å². The van der Waals surface area contributed by atoms with E-state index in [0.717, 1.165) is 12.0 Å². The Hall–Kier alpha value is -2.11. The van der Waals surface area contributed by atoms with Crippen molar-refractivity contribution in [1.29, 1.82) is 0 Å². The largest absolute Gasteiger partial charge is 0.449 e. The second-order valence-electron chi connectivity index (χ2n) is 4.13. The van der Waals surface area contributed by atoms with E-state index in [1.165, 1.54) is 12.1 Å². The molecule has 0 radical (unpaired) electrons. The highest BCUT2D eigenvalue weighted by Gasteiger charge is 2.18. The number of rotatable bonds is 5. The van der Waals surface area contributed by atoms with Gasteiger partial charge in [-0.25, -0.2) is 0 Å². The molecule has 0 heterocycles. The summed E-state index contributed by atoms with van der Waals surface area (Å²) in [5.74, 6) is 0.535. The van der Waals surface area contributed by atoms with Gasteiger partial charge in [0.1, 0.15) is 5.75 Å². The van der Waals surface area contributed by atoms with Crippen LogP contribution in [0.3, 0.4) is 0 Å². The highest BCUT2D eigenvalue weighted by atomic mass is 35.5. The Morgan fingerprint density at radius 2 is 1.90 bits per heavy atom. The Labute approximate surface area is 121 Å². The number of hydrogen-bond acceptors (Lipinski definition) is 4. The molecule has 0 aliphatic carbocycles. The molecule has 0 aromatic heterocycles. The first-order chi connectivity index (χ1) is 9.61. The summed E-state index contributed by atoms with van der Waals surface area (Å²) in [7, 11) is 0. The quantitative estimate of drug-likeness (QED) is 0.675. The second kappa shape index (κ2) is 6.36. The van der Waals surface area contributed by atoms with Crippen LogP contribution < -0.4 is 10.5 Å². The first kappa shape index (κ1) is 14.3. The molecule has 0 unspecified atom stereocenters. The molecule has 0 atom stereocenters. The molecule has 0 saturated carbocycles. The van der Waals surface area contributed by atoms with Gasteiger partial charge >= 0.3 is 5.69 Å². The Bertz CT molecular complexity index is 614. The SMILES string of the molecule is NCCc1ccc(Oc2c(Cl)cccc2[N+](=O)[O-])cc1. The summed E-state index contributed by atoms with van der Waals surface area (Å²) in [6, 6.07) is 11.6. The molecule has 0 fully saturated rings. The lowest BCUT2D eigenvalue weighted by Crippen LogP contribution is -2.02. The van der Waals surface area contributed by atoms with Crippen molar-refractivity contribution in [1.82, 2.24) is 0 Å². The fourth-order valence-corrected chi connectivity index (χ4v) is 1.96.